The van der Waals surface area contributed by atoms with Crippen molar-refractivity contribution in [2.24, 2.45) is 5.92 Å². The second-order valence-electron chi connectivity index (χ2n) is 9.20. The normalized spacial score (nSPS) is 12.2. The number of rotatable bonds is 11. The van der Waals surface area contributed by atoms with Crippen LogP contribution in [0.5, 0.6) is 0 Å². The molecule has 1 atom stereocenters. The van der Waals surface area contributed by atoms with Crippen molar-refractivity contribution in [3.05, 3.63) is 94.5 Å². The lowest BCUT2D eigenvalue weighted by Gasteiger charge is -2.32. The Kier molecular flexibility index (Phi) is 10.2. The van der Waals surface area contributed by atoms with Crippen LogP contribution in [0.25, 0.3) is 0 Å². The van der Waals surface area contributed by atoms with E-state index in [9.17, 15) is 18.0 Å². The third-order valence-corrected chi connectivity index (χ3v) is 8.34. The average Bonchev–Trinajstić information content (AvgIpc) is 2.90. The Bertz CT molecular complexity index is 1370. The molecule has 2 amide bonds. The van der Waals surface area contributed by atoms with Gasteiger partial charge in [-0.25, -0.2) is 8.42 Å². The molecule has 0 heterocycles. The van der Waals surface area contributed by atoms with Crippen LogP contribution in [0, 0.1) is 5.92 Å². The molecule has 38 heavy (non-hydrogen) atoms. The number of halogens is 2. The van der Waals surface area contributed by atoms with Crippen LogP contribution in [0.4, 0.5) is 5.69 Å². The van der Waals surface area contributed by atoms with Crippen molar-refractivity contribution < 1.29 is 18.0 Å². The van der Waals surface area contributed by atoms with E-state index in [1.807, 2.05) is 13.8 Å². The monoisotopic (exact) mass is 575 g/mol. The summed E-state index contributed by atoms with van der Waals surface area (Å²) >= 11 is 12.8. The van der Waals surface area contributed by atoms with Crippen LogP contribution in [0.15, 0.2) is 83.8 Å². The molecular weight excluding hydrogens is 545 g/mol. The Morgan fingerprint density at radius 3 is 2.03 bits per heavy atom. The maximum Gasteiger partial charge on any atom is 0.264 e. The molecular formula is C28H31Cl2N3O4S. The highest BCUT2D eigenvalue weighted by Crippen LogP contribution is 2.31. The fourth-order valence-corrected chi connectivity index (χ4v) is 5.67. The number of benzene rings is 3. The first kappa shape index (κ1) is 29.5. The summed E-state index contributed by atoms with van der Waals surface area (Å²) in [5.41, 5.74) is 0.780. The van der Waals surface area contributed by atoms with E-state index in [1.54, 1.807) is 67.6 Å². The molecule has 0 aromatic heterocycles. The van der Waals surface area contributed by atoms with E-state index in [1.165, 1.54) is 23.1 Å². The zero-order valence-electron chi connectivity index (χ0n) is 21.5. The smallest absolute Gasteiger partial charge is 0.264 e. The molecule has 0 saturated heterocycles. The van der Waals surface area contributed by atoms with Gasteiger partial charge in [0.15, 0.2) is 0 Å². The van der Waals surface area contributed by atoms with Crippen molar-refractivity contribution in [1.82, 2.24) is 10.2 Å². The van der Waals surface area contributed by atoms with Crippen LogP contribution in [0.2, 0.25) is 10.0 Å². The van der Waals surface area contributed by atoms with Gasteiger partial charge in [0.2, 0.25) is 11.8 Å². The highest BCUT2D eigenvalue weighted by atomic mass is 35.5. The molecule has 0 aliphatic carbocycles. The van der Waals surface area contributed by atoms with Gasteiger partial charge >= 0.3 is 0 Å². The summed E-state index contributed by atoms with van der Waals surface area (Å²) in [7, 11) is -4.18. The topological polar surface area (TPSA) is 86.8 Å². The standard InChI is InChI=1S/C28H31Cl2N3O4S/c1-20(2)17-31-28(35)21(3)32(18-22-11-7-8-14-24(22)29)27(34)19-33(26-16-10-9-15-25(26)30)38(36,37)23-12-5-4-6-13-23/h4-16,20-21H,17-19H2,1-3H3,(H,31,35)/t21-/m0/s1. The third kappa shape index (κ3) is 7.28. The Hall–Kier alpha value is -3.07. The molecule has 0 radical (unpaired) electrons. The maximum atomic E-state index is 13.9. The number of nitrogens with one attached hydrogen (secondary N) is 1. The van der Waals surface area contributed by atoms with Gasteiger partial charge in [-0.2, -0.15) is 0 Å². The second-order valence-corrected chi connectivity index (χ2v) is 11.9. The Labute approximate surface area is 234 Å². The van der Waals surface area contributed by atoms with E-state index < -0.39 is 28.5 Å². The van der Waals surface area contributed by atoms with Crippen LogP contribution in [0.3, 0.4) is 0 Å². The predicted octanol–water partition coefficient (Wildman–Crippen LogP) is 5.38. The molecule has 7 nitrogen and oxygen atoms in total. The summed E-state index contributed by atoms with van der Waals surface area (Å²) in [4.78, 5) is 28.2. The summed E-state index contributed by atoms with van der Waals surface area (Å²) in [5.74, 6) is -0.726. The van der Waals surface area contributed by atoms with Crippen LogP contribution in [0.1, 0.15) is 26.3 Å². The number of amides is 2. The lowest BCUT2D eigenvalue weighted by atomic mass is 10.1. The highest BCUT2D eigenvalue weighted by Gasteiger charge is 2.33. The van der Waals surface area contributed by atoms with Crippen LogP contribution < -0.4 is 9.62 Å². The molecule has 0 unspecified atom stereocenters. The molecule has 1 N–H and O–H groups in total. The van der Waals surface area contributed by atoms with Crippen LogP contribution in [-0.2, 0) is 26.2 Å². The first-order chi connectivity index (χ1) is 18.0. The van der Waals surface area contributed by atoms with Gasteiger partial charge in [-0.1, -0.05) is 85.6 Å². The quantitative estimate of drug-likeness (QED) is 0.332. The Balaban J connectivity index is 2.02. The van der Waals surface area contributed by atoms with Crippen LogP contribution >= 0.6 is 23.2 Å². The third-order valence-electron chi connectivity index (χ3n) is 5.88. The Morgan fingerprint density at radius 2 is 1.42 bits per heavy atom. The van der Waals surface area contributed by atoms with Crippen molar-refractivity contribution in [3.8, 4) is 0 Å². The van der Waals surface area contributed by atoms with Crippen molar-refractivity contribution in [2.75, 3.05) is 17.4 Å². The largest absolute Gasteiger partial charge is 0.354 e. The summed E-state index contributed by atoms with van der Waals surface area (Å²) in [6.45, 7) is 5.41. The molecule has 3 aromatic rings. The minimum atomic E-state index is -4.18. The number of hydrogen-bond donors (Lipinski definition) is 1. The van der Waals surface area contributed by atoms with E-state index in [-0.39, 0.29) is 34.0 Å². The van der Waals surface area contributed by atoms with Gasteiger partial charge in [-0.05, 0) is 48.7 Å². The van der Waals surface area contributed by atoms with E-state index >= 15 is 0 Å². The minimum absolute atomic E-state index is 0.00750. The molecule has 0 bridgehead atoms. The fraction of sp³-hybridized carbons (Fsp3) is 0.286. The number of carbonyl (C=O) groups excluding carboxylic acids is 2. The molecule has 10 heteroatoms. The van der Waals surface area contributed by atoms with E-state index in [4.69, 9.17) is 23.2 Å². The zero-order valence-corrected chi connectivity index (χ0v) is 23.8. The lowest BCUT2D eigenvalue weighted by molar-refractivity contribution is -0.139. The van der Waals surface area contributed by atoms with Crippen molar-refractivity contribution >= 4 is 50.7 Å². The first-order valence-electron chi connectivity index (χ1n) is 12.1. The molecule has 3 aromatic carbocycles. The lowest BCUT2D eigenvalue weighted by Crippen LogP contribution is -2.51. The molecule has 3 rings (SSSR count). The Morgan fingerprint density at radius 1 is 0.842 bits per heavy atom. The number of hydrogen-bond acceptors (Lipinski definition) is 4. The SMILES string of the molecule is CC(C)CNC(=O)[C@H](C)N(Cc1ccccc1Cl)C(=O)CN(c1ccccc1Cl)S(=O)(=O)c1ccccc1. The van der Waals surface area contributed by atoms with Gasteiger partial charge in [0, 0.05) is 18.1 Å². The summed E-state index contributed by atoms with van der Waals surface area (Å²) in [6.07, 6.45) is 0. The number of anilines is 1. The van der Waals surface area contributed by atoms with Gasteiger partial charge in [0.05, 0.1) is 15.6 Å². The summed E-state index contributed by atoms with van der Waals surface area (Å²) < 4.78 is 28.4. The van der Waals surface area contributed by atoms with Crippen molar-refractivity contribution in [2.45, 2.75) is 38.3 Å². The molecule has 0 aliphatic rings. The van der Waals surface area contributed by atoms with Gasteiger partial charge in [-0.15, -0.1) is 0 Å². The second kappa shape index (κ2) is 13.1. The number of carbonyl (C=O) groups is 2. The van der Waals surface area contributed by atoms with E-state index in [0.29, 0.717) is 17.1 Å². The molecule has 0 aliphatic heterocycles. The maximum absolute atomic E-state index is 13.9. The molecule has 0 fully saturated rings. The minimum Gasteiger partial charge on any atom is -0.354 e. The highest BCUT2D eigenvalue weighted by molar-refractivity contribution is 7.92. The predicted molar refractivity (Wildman–Crippen MR) is 152 cm³/mol. The molecule has 202 valence electrons. The number of para-hydroxylation sites is 1. The van der Waals surface area contributed by atoms with Crippen LogP contribution in [-0.4, -0.2) is 44.3 Å². The van der Waals surface area contributed by atoms with E-state index in [0.717, 1.165) is 4.31 Å². The van der Waals surface area contributed by atoms with Gasteiger partial charge in [-0.3, -0.25) is 13.9 Å². The first-order valence-corrected chi connectivity index (χ1v) is 14.3. The summed E-state index contributed by atoms with van der Waals surface area (Å²) in [6, 6.07) is 20.3. The van der Waals surface area contributed by atoms with Gasteiger partial charge in [0.1, 0.15) is 12.6 Å². The average molecular weight is 577 g/mol. The summed E-state index contributed by atoms with van der Waals surface area (Å²) in [5, 5.41) is 3.45. The molecule has 0 spiro atoms. The van der Waals surface area contributed by atoms with E-state index in [2.05, 4.69) is 5.32 Å². The van der Waals surface area contributed by atoms with Gasteiger partial charge in [0.25, 0.3) is 10.0 Å². The van der Waals surface area contributed by atoms with Crippen molar-refractivity contribution in [3.63, 3.8) is 0 Å². The number of nitrogens with zero attached hydrogens (tertiary/aromatic N) is 2. The van der Waals surface area contributed by atoms with Crippen molar-refractivity contribution in [1.29, 1.82) is 0 Å². The molecule has 0 saturated carbocycles. The number of sulfonamides is 1. The zero-order chi connectivity index (χ0) is 27.9. The fourth-order valence-electron chi connectivity index (χ4n) is 3.73. The van der Waals surface area contributed by atoms with Gasteiger partial charge < -0.3 is 10.2 Å².